The van der Waals surface area contributed by atoms with Gasteiger partial charge in [0.05, 0.1) is 10.9 Å². The summed E-state index contributed by atoms with van der Waals surface area (Å²) in [6.07, 6.45) is 0.654. The fraction of sp³-hybridized carbons (Fsp3) is 0.200. The molecule has 30 heavy (non-hydrogen) atoms. The standard InChI is InChI=1S/C20H17ClFN5O3/c1-2-9-25-18(29)15-8-3-12(21)10-16(15)27-19(25)24-26(20(27)30)11-17(28)23-14-6-4-13(22)5-7-14/h3-8,10H,2,9,11H2,1H3,(H,23,28). The lowest BCUT2D eigenvalue weighted by molar-refractivity contribution is -0.117. The van der Waals surface area contributed by atoms with Crippen molar-refractivity contribution in [3.8, 4) is 0 Å². The number of amides is 1. The molecule has 2 heterocycles. The molecular weight excluding hydrogens is 413 g/mol. The summed E-state index contributed by atoms with van der Waals surface area (Å²) >= 11 is 6.07. The molecule has 2 aromatic carbocycles. The quantitative estimate of drug-likeness (QED) is 0.528. The van der Waals surface area contributed by atoms with Gasteiger partial charge in [-0.15, -0.1) is 5.10 Å². The zero-order valence-corrected chi connectivity index (χ0v) is 16.7. The summed E-state index contributed by atoms with van der Waals surface area (Å²) in [5, 5.41) is 7.51. The maximum absolute atomic E-state index is 13.0. The summed E-state index contributed by atoms with van der Waals surface area (Å²) in [7, 11) is 0. The Morgan fingerprint density at radius 2 is 1.90 bits per heavy atom. The van der Waals surface area contributed by atoms with Crippen LogP contribution in [0.15, 0.2) is 52.1 Å². The van der Waals surface area contributed by atoms with Crippen LogP contribution in [-0.2, 0) is 17.9 Å². The summed E-state index contributed by atoms with van der Waals surface area (Å²) in [6.45, 7) is 1.89. The number of halogens is 2. The van der Waals surface area contributed by atoms with E-state index in [9.17, 15) is 18.8 Å². The lowest BCUT2D eigenvalue weighted by atomic mass is 10.2. The fourth-order valence-corrected chi connectivity index (χ4v) is 3.45. The van der Waals surface area contributed by atoms with E-state index in [1.165, 1.54) is 39.3 Å². The Morgan fingerprint density at radius 3 is 2.60 bits per heavy atom. The van der Waals surface area contributed by atoms with Gasteiger partial charge in [-0.1, -0.05) is 18.5 Å². The molecule has 4 rings (SSSR count). The number of aryl methyl sites for hydroxylation is 1. The molecule has 0 saturated carbocycles. The van der Waals surface area contributed by atoms with Gasteiger partial charge in [0, 0.05) is 17.3 Å². The van der Waals surface area contributed by atoms with Crippen LogP contribution < -0.4 is 16.6 Å². The number of nitrogens with zero attached hydrogens (tertiary/aromatic N) is 4. The maximum Gasteiger partial charge on any atom is 0.352 e. The van der Waals surface area contributed by atoms with Crippen molar-refractivity contribution in [3.05, 3.63) is 74.1 Å². The number of fused-ring (bicyclic) bond motifs is 3. The average molecular weight is 430 g/mol. The molecule has 0 spiro atoms. The lowest BCUT2D eigenvalue weighted by Gasteiger charge is -2.08. The second kappa shape index (κ2) is 7.75. The predicted molar refractivity (Wildman–Crippen MR) is 112 cm³/mol. The molecule has 10 heteroatoms. The molecule has 2 aromatic heterocycles. The van der Waals surface area contributed by atoms with Crippen LogP contribution in [0.4, 0.5) is 10.1 Å². The normalized spacial score (nSPS) is 11.3. The minimum Gasteiger partial charge on any atom is -0.324 e. The molecule has 0 aliphatic rings. The molecule has 0 fully saturated rings. The fourth-order valence-electron chi connectivity index (χ4n) is 3.29. The zero-order chi connectivity index (χ0) is 21.4. The molecule has 0 bridgehead atoms. The summed E-state index contributed by atoms with van der Waals surface area (Å²) in [4.78, 5) is 38.3. The molecule has 0 saturated heterocycles. The first-order valence-electron chi connectivity index (χ1n) is 9.26. The van der Waals surface area contributed by atoms with Gasteiger partial charge in [-0.2, -0.15) is 0 Å². The Labute approximate surface area is 174 Å². The number of hydrogen-bond donors (Lipinski definition) is 1. The topological polar surface area (TPSA) is 90.4 Å². The van der Waals surface area contributed by atoms with Crippen LogP contribution in [0.2, 0.25) is 5.02 Å². The minimum absolute atomic E-state index is 0.135. The van der Waals surface area contributed by atoms with Crippen molar-refractivity contribution in [2.45, 2.75) is 26.4 Å². The number of nitrogens with one attached hydrogen (secondary N) is 1. The first-order valence-corrected chi connectivity index (χ1v) is 9.64. The monoisotopic (exact) mass is 429 g/mol. The third-order valence-corrected chi connectivity index (χ3v) is 4.84. The number of anilines is 1. The van der Waals surface area contributed by atoms with Crippen LogP contribution in [0.3, 0.4) is 0 Å². The molecular formula is C20H17ClFN5O3. The second-order valence-corrected chi connectivity index (χ2v) is 7.19. The van der Waals surface area contributed by atoms with Gasteiger partial charge < -0.3 is 5.32 Å². The Kier molecular flexibility index (Phi) is 5.13. The van der Waals surface area contributed by atoms with Gasteiger partial charge in [-0.25, -0.2) is 18.3 Å². The molecule has 8 nitrogen and oxygen atoms in total. The van der Waals surface area contributed by atoms with Crippen LogP contribution >= 0.6 is 11.6 Å². The molecule has 154 valence electrons. The van der Waals surface area contributed by atoms with Gasteiger partial charge in [-0.3, -0.25) is 14.2 Å². The third-order valence-electron chi connectivity index (χ3n) is 4.61. The summed E-state index contributed by atoms with van der Waals surface area (Å²) in [6, 6.07) is 9.92. The van der Waals surface area contributed by atoms with E-state index in [1.54, 1.807) is 12.1 Å². The van der Waals surface area contributed by atoms with Gasteiger partial charge in [0.25, 0.3) is 5.56 Å². The SMILES string of the molecule is CCCn1c(=O)c2ccc(Cl)cc2n2c(=O)n(CC(=O)Nc3ccc(F)cc3)nc12. The Morgan fingerprint density at radius 1 is 1.17 bits per heavy atom. The van der Waals surface area contributed by atoms with Crippen LogP contribution in [0.1, 0.15) is 13.3 Å². The first-order chi connectivity index (χ1) is 14.4. The van der Waals surface area contributed by atoms with Crippen molar-refractivity contribution in [2.24, 2.45) is 0 Å². The number of carbonyl (C=O) groups excluding carboxylic acids is 1. The van der Waals surface area contributed by atoms with E-state index in [1.807, 2.05) is 6.92 Å². The molecule has 1 N–H and O–H groups in total. The average Bonchev–Trinajstić information content (AvgIpc) is 3.03. The van der Waals surface area contributed by atoms with Gasteiger partial charge >= 0.3 is 5.69 Å². The molecule has 0 aliphatic carbocycles. The predicted octanol–water partition coefficient (Wildman–Crippen LogP) is 2.65. The number of hydrogen-bond acceptors (Lipinski definition) is 4. The molecule has 0 aliphatic heterocycles. The smallest absolute Gasteiger partial charge is 0.324 e. The van der Waals surface area contributed by atoms with Crippen molar-refractivity contribution in [1.29, 1.82) is 0 Å². The molecule has 0 unspecified atom stereocenters. The lowest BCUT2D eigenvalue weighted by Crippen LogP contribution is -2.29. The second-order valence-electron chi connectivity index (χ2n) is 6.75. The van der Waals surface area contributed by atoms with E-state index < -0.39 is 17.4 Å². The van der Waals surface area contributed by atoms with Crippen LogP contribution in [0.5, 0.6) is 0 Å². The highest BCUT2D eigenvalue weighted by atomic mass is 35.5. The number of rotatable bonds is 5. The number of carbonyl (C=O) groups is 1. The van der Waals surface area contributed by atoms with Crippen molar-refractivity contribution in [2.75, 3.05) is 5.32 Å². The Bertz CT molecular complexity index is 1390. The van der Waals surface area contributed by atoms with Gasteiger partial charge in [0.15, 0.2) is 0 Å². The Hall–Kier alpha value is -3.46. The van der Waals surface area contributed by atoms with Gasteiger partial charge in [0.1, 0.15) is 12.4 Å². The van der Waals surface area contributed by atoms with E-state index >= 15 is 0 Å². The van der Waals surface area contributed by atoms with Crippen molar-refractivity contribution in [1.82, 2.24) is 18.7 Å². The third kappa shape index (κ3) is 3.48. The van der Waals surface area contributed by atoms with E-state index in [2.05, 4.69) is 10.4 Å². The van der Waals surface area contributed by atoms with Gasteiger partial charge in [-0.05, 0) is 48.9 Å². The number of aromatic nitrogens is 4. The van der Waals surface area contributed by atoms with Gasteiger partial charge in [0.2, 0.25) is 11.7 Å². The van der Waals surface area contributed by atoms with Crippen LogP contribution in [0.25, 0.3) is 16.7 Å². The zero-order valence-electron chi connectivity index (χ0n) is 15.9. The molecule has 1 amide bonds. The summed E-state index contributed by atoms with van der Waals surface area (Å²) < 4.78 is 16.7. The molecule has 0 radical (unpaired) electrons. The van der Waals surface area contributed by atoms with Crippen LogP contribution in [-0.4, -0.2) is 24.7 Å². The highest BCUT2D eigenvalue weighted by Crippen LogP contribution is 2.17. The number of benzene rings is 2. The van der Waals surface area contributed by atoms with Crippen LogP contribution in [0, 0.1) is 5.82 Å². The summed E-state index contributed by atoms with van der Waals surface area (Å²) in [5.74, 6) is -0.806. The Balaban J connectivity index is 1.81. The first kappa shape index (κ1) is 19.8. The highest BCUT2D eigenvalue weighted by molar-refractivity contribution is 6.31. The van der Waals surface area contributed by atoms with E-state index in [4.69, 9.17) is 11.6 Å². The largest absolute Gasteiger partial charge is 0.352 e. The van der Waals surface area contributed by atoms with E-state index in [-0.39, 0.29) is 17.9 Å². The highest BCUT2D eigenvalue weighted by Gasteiger charge is 2.18. The maximum atomic E-state index is 13.0. The summed E-state index contributed by atoms with van der Waals surface area (Å²) in [5.41, 5.74) is -0.149. The van der Waals surface area contributed by atoms with Crippen molar-refractivity contribution in [3.63, 3.8) is 0 Å². The minimum atomic E-state index is -0.573. The van der Waals surface area contributed by atoms with Crippen molar-refractivity contribution < 1.29 is 9.18 Å². The molecule has 4 aromatic rings. The molecule has 0 atom stereocenters. The van der Waals surface area contributed by atoms with E-state index in [0.717, 1.165) is 4.68 Å². The van der Waals surface area contributed by atoms with Crippen molar-refractivity contribution >= 4 is 39.9 Å². The van der Waals surface area contributed by atoms with E-state index in [0.29, 0.717) is 34.6 Å².